The van der Waals surface area contributed by atoms with Crippen LogP contribution in [-0.2, 0) is 12.8 Å². The van der Waals surface area contributed by atoms with Gasteiger partial charge in [-0.1, -0.05) is 11.6 Å². The van der Waals surface area contributed by atoms with Crippen LogP contribution in [0.2, 0.25) is 5.02 Å². The second-order valence-corrected chi connectivity index (χ2v) is 8.65. The highest BCUT2D eigenvalue weighted by Gasteiger charge is 2.29. The van der Waals surface area contributed by atoms with Gasteiger partial charge in [0.25, 0.3) is 11.5 Å². The van der Waals surface area contributed by atoms with Crippen LogP contribution in [0, 0.1) is 0 Å². The number of pyridine rings is 1. The number of carbonyl (C=O) groups excluding carboxylic acids is 1. The average molecular weight is 415 g/mol. The molecule has 0 N–H and O–H groups in total. The van der Waals surface area contributed by atoms with Crippen LogP contribution in [0.25, 0.3) is 0 Å². The fourth-order valence-corrected chi connectivity index (χ4v) is 4.55. The highest BCUT2D eigenvalue weighted by atomic mass is 35.5. The van der Waals surface area contributed by atoms with Gasteiger partial charge in [0.15, 0.2) is 0 Å². The molecule has 0 atom stereocenters. The van der Waals surface area contributed by atoms with Crippen molar-refractivity contribution in [2.75, 3.05) is 13.1 Å². The molecule has 29 heavy (non-hydrogen) atoms. The summed E-state index contributed by atoms with van der Waals surface area (Å²) in [7, 11) is 0. The van der Waals surface area contributed by atoms with E-state index in [1.54, 1.807) is 4.90 Å². The summed E-state index contributed by atoms with van der Waals surface area (Å²) in [6.07, 6.45) is 4.47. The lowest BCUT2D eigenvalue weighted by Gasteiger charge is -2.32. The van der Waals surface area contributed by atoms with Crippen LogP contribution in [0.4, 0.5) is 0 Å². The van der Waals surface area contributed by atoms with Crippen molar-refractivity contribution >= 4 is 17.5 Å². The molecule has 2 aliphatic rings. The van der Waals surface area contributed by atoms with Gasteiger partial charge in [-0.15, -0.1) is 0 Å². The summed E-state index contributed by atoms with van der Waals surface area (Å²) < 4.78 is 7.84. The van der Waals surface area contributed by atoms with Gasteiger partial charge >= 0.3 is 0 Å². The summed E-state index contributed by atoms with van der Waals surface area (Å²) in [5.74, 6) is 0.640. The summed E-state index contributed by atoms with van der Waals surface area (Å²) >= 11 is 5.92. The molecular weight excluding hydrogens is 388 g/mol. The molecule has 154 valence electrons. The van der Waals surface area contributed by atoms with E-state index in [2.05, 4.69) is 0 Å². The average Bonchev–Trinajstić information content (AvgIpc) is 3.17. The number of aromatic nitrogens is 1. The summed E-state index contributed by atoms with van der Waals surface area (Å²) in [5, 5.41) is 0.680. The van der Waals surface area contributed by atoms with Crippen LogP contribution < -0.4 is 10.3 Å². The van der Waals surface area contributed by atoms with E-state index < -0.39 is 0 Å². The molecule has 1 fully saturated rings. The summed E-state index contributed by atoms with van der Waals surface area (Å²) in [6, 6.07) is 9.24. The topological polar surface area (TPSA) is 51.5 Å². The Balaban J connectivity index is 1.47. The van der Waals surface area contributed by atoms with Gasteiger partial charge in [-0.25, -0.2) is 0 Å². The number of ether oxygens (including phenoxy) is 1. The minimum absolute atomic E-state index is 0.0561. The number of carbonyl (C=O) groups is 1. The molecule has 1 saturated heterocycles. The number of aryl methyl sites for hydroxylation is 1. The van der Waals surface area contributed by atoms with Crippen LogP contribution in [0.15, 0.2) is 35.1 Å². The Hall–Kier alpha value is -2.27. The Labute approximate surface area is 176 Å². The third kappa shape index (κ3) is 4.06. The van der Waals surface area contributed by atoms with Gasteiger partial charge in [0, 0.05) is 42.7 Å². The van der Waals surface area contributed by atoms with Crippen molar-refractivity contribution in [1.82, 2.24) is 9.47 Å². The molecule has 2 heterocycles. The van der Waals surface area contributed by atoms with Crippen LogP contribution in [0.5, 0.6) is 5.75 Å². The first kappa shape index (κ1) is 20.0. The van der Waals surface area contributed by atoms with E-state index in [9.17, 15) is 9.59 Å². The Bertz CT molecular complexity index is 957. The molecule has 0 saturated carbocycles. The SMILES string of the molecule is CC(C)n1c2c(cc(C(=O)N3CCC(Oc4ccc(Cl)cc4)CC3)c1=O)CCC2. The maximum absolute atomic E-state index is 13.2. The Kier molecular flexibility index (Phi) is 5.68. The van der Waals surface area contributed by atoms with Crippen LogP contribution in [0.1, 0.15) is 60.8 Å². The second kappa shape index (κ2) is 8.23. The first-order valence-corrected chi connectivity index (χ1v) is 10.8. The number of hydrogen-bond donors (Lipinski definition) is 0. The maximum Gasteiger partial charge on any atom is 0.263 e. The number of piperidine rings is 1. The normalized spacial score (nSPS) is 16.9. The number of benzene rings is 1. The molecule has 0 spiro atoms. The molecular formula is C23H27ClN2O3. The van der Waals surface area contributed by atoms with Crippen molar-refractivity contribution in [1.29, 1.82) is 0 Å². The molecule has 0 unspecified atom stereocenters. The van der Waals surface area contributed by atoms with Gasteiger partial charge < -0.3 is 14.2 Å². The van der Waals surface area contributed by atoms with E-state index in [4.69, 9.17) is 16.3 Å². The van der Waals surface area contributed by atoms with E-state index in [1.807, 2.05) is 48.7 Å². The Morgan fingerprint density at radius 1 is 1.14 bits per heavy atom. The summed E-state index contributed by atoms with van der Waals surface area (Å²) in [5.41, 5.74) is 2.43. The number of hydrogen-bond acceptors (Lipinski definition) is 3. The summed E-state index contributed by atoms with van der Waals surface area (Å²) in [6.45, 7) is 5.20. The lowest BCUT2D eigenvalue weighted by Crippen LogP contribution is -2.44. The van der Waals surface area contributed by atoms with Gasteiger partial charge in [-0.3, -0.25) is 9.59 Å². The first-order valence-electron chi connectivity index (χ1n) is 10.4. The number of likely N-dealkylation sites (tertiary alicyclic amines) is 1. The van der Waals surface area contributed by atoms with Crippen molar-refractivity contribution in [3.05, 3.63) is 62.5 Å². The van der Waals surface area contributed by atoms with Gasteiger partial charge in [0.05, 0.1) is 0 Å². The number of amides is 1. The Morgan fingerprint density at radius 3 is 2.48 bits per heavy atom. The van der Waals surface area contributed by atoms with E-state index in [0.29, 0.717) is 23.7 Å². The van der Waals surface area contributed by atoms with E-state index in [1.165, 1.54) is 0 Å². The molecule has 0 radical (unpaired) electrons. The van der Waals surface area contributed by atoms with Gasteiger partial charge in [0.1, 0.15) is 17.4 Å². The molecule has 0 bridgehead atoms. The third-order valence-electron chi connectivity index (χ3n) is 5.88. The van der Waals surface area contributed by atoms with E-state index >= 15 is 0 Å². The molecule has 2 aromatic rings. The van der Waals surface area contributed by atoms with Crippen molar-refractivity contribution in [3.8, 4) is 5.75 Å². The maximum atomic E-state index is 13.2. The predicted octanol–water partition coefficient (Wildman–Crippen LogP) is 4.25. The lowest BCUT2D eigenvalue weighted by atomic mass is 10.0. The fourth-order valence-electron chi connectivity index (χ4n) is 4.42. The van der Waals surface area contributed by atoms with Crippen LogP contribution >= 0.6 is 11.6 Å². The van der Waals surface area contributed by atoms with Gasteiger partial charge in [-0.2, -0.15) is 0 Å². The number of halogens is 1. The molecule has 5 nitrogen and oxygen atoms in total. The van der Waals surface area contributed by atoms with Gasteiger partial charge in [-0.05, 0) is 69.0 Å². The van der Waals surface area contributed by atoms with E-state index in [0.717, 1.165) is 49.1 Å². The Morgan fingerprint density at radius 2 is 1.83 bits per heavy atom. The predicted molar refractivity (Wildman–Crippen MR) is 114 cm³/mol. The first-order chi connectivity index (χ1) is 13.9. The molecule has 1 amide bonds. The highest BCUT2D eigenvalue weighted by Crippen LogP contribution is 2.25. The summed E-state index contributed by atoms with van der Waals surface area (Å²) in [4.78, 5) is 28.0. The van der Waals surface area contributed by atoms with Gasteiger partial charge in [0.2, 0.25) is 0 Å². The zero-order valence-corrected chi connectivity index (χ0v) is 17.7. The van der Waals surface area contributed by atoms with Crippen molar-refractivity contribution in [2.45, 2.75) is 58.1 Å². The highest BCUT2D eigenvalue weighted by molar-refractivity contribution is 6.30. The molecule has 1 aromatic heterocycles. The largest absolute Gasteiger partial charge is 0.490 e. The van der Waals surface area contributed by atoms with E-state index in [-0.39, 0.29) is 23.6 Å². The molecule has 4 rings (SSSR count). The minimum atomic E-state index is -0.149. The molecule has 1 aliphatic carbocycles. The third-order valence-corrected chi connectivity index (χ3v) is 6.13. The van der Waals surface area contributed by atoms with Crippen molar-refractivity contribution < 1.29 is 9.53 Å². The number of fused-ring (bicyclic) bond motifs is 1. The zero-order valence-electron chi connectivity index (χ0n) is 17.0. The fraction of sp³-hybridized carbons (Fsp3) is 0.478. The monoisotopic (exact) mass is 414 g/mol. The molecule has 1 aromatic carbocycles. The van der Waals surface area contributed by atoms with Crippen LogP contribution in [0.3, 0.4) is 0 Å². The zero-order chi connectivity index (χ0) is 20.5. The molecule has 6 heteroatoms. The second-order valence-electron chi connectivity index (χ2n) is 8.22. The van der Waals surface area contributed by atoms with Crippen LogP contribution in [-0.4, -0.2) is 34.6 Å². The molecule has 1 aliphatic heterocycles. The smallest absolute Gasteiger partial charge is 0.263 e. The standard InChI is InChI=1S/C23H27ClN2O3/c1-15(2)26-21-5-3-4-16(21)14-20(23(26)28)22(27)25-12-10-19(11-13-25)29-18-8-6-17(24)7-9-18/h6-9,14-15,19H,3-5,10-13H2,1-2H3. The lowest BCUT2D eigenvalue weighted by molar-refractivity contribution is 0.0593. The van der Waals surface area contributed by atoms with Crippen molar-refractivity contribution in [3.63, 3.8) is 0 Å². The minimum Gasteiger partial charge on any atom is -0.490 e. The number of rotatable bonds is 4. The number of nitrogens with zero attached hydrogens (tertiary/aromatic N) is 2. The quantitative estimate of drug-likeness (QED) is 0.751. The van der Waals surface area contributed by atoms with Crippen molar-refractivity contribution in [2.24, 2.45) is 0 Å².